The molecule has 1 saturated heterocycles. The third-order valence-electron chi connectivity index (χ3n) is 6.71. The Morgan fingerprint density at radius 2 is 0.875 bits per heavy atom. The molecule has 2 fully saturated rings. The Balaban J connectivity index is -0.000000712. The molecule has 0 unspecified atom stereocenters. The van der Waals surface area contributed by atoms with E-state index in [1.165, 1.54) is 38.3 Å². The molecule has 0 spiro atoms. The zero-order valence-electron chi connectivity index (χ0n) is 23.9. The van der Waals surface area contributed by atoms with Gasteiger partial charge >= 0.3 is 35.6 Å². The summed E-state index contributed by atoms with van der Waals surface area (Å²) in [7, 11) is 8.59. The molecule has 0 atom stereocenters. The standard InChI is InChI=1S/C17H40B2N2Si.C5H10.2CH3.2ClH.Ti/c1-13(2)20(14(3)4)18-12-19(17(18)22(9,10)11)21(15(5)6)16(7)8;1-2-4-5-3-1;;;;;/h13-17H,12H2,1-11H3;1-5H2;2*1H3;2*1H;/q;;2*-1;;;+2/p-2. The van der Waals surface area contributed by atoms with Crippen LogP contribution in [-0.2, 0) is 17.0 Å². The van der Waals surface area contributed by atoms with Crippen LogP contribution in [0.4, 0.5) is 0 Å². The van der Waals surface area contributed by atoms with E-state index >= 15 is 0 Å². The van der Waals surface area contributed by atoms with E-state index in [-0.39, 0.29) is 14.9 Å². The Hall–Kier alpha value is 1.56. The van der Waals surface area contributed by atoms with Crippen molar-refractivity contribution in [1.82, 2.24) is 9.62 Å². The summed E-state index contributed by atoms with van der Waals surface area (Å²) in [4.78, 5) is 5.58. The molecule has 0 amide bonds. The van der Waals surface area contributed by atoms with Crippen LogP contribution < -0.4 is 0 Å². The molecule has 2 nitrogen and oxygen atoms in total. The number of nitrogens with zero attached hydrogens (tertiary/aromatic N) is 2. The van der Waals surface area contributed by atoms with Crippen molar-refractivity contribution in [2.45, 2.75) is 143 Å². The first-order valence-electron chi connectivity index (χ1n) is 12.3. The van der Waals surface area contributed by atoms with Gasteiger partial charge in [-0.05, 0) is 24.2 Å². The Morgan fingerprint density at radius 3 is 1.03 bits per heavy atom. The summed E-state index contributed by atoms with van der Waals surface area (Å²) in [5, 5.41) is 0.891. The van der Waals surface area contributed by atoms with E-state index in [2.05, 4.69) is 84.7 Å². The topological polar surface area (TPSA) is 6.48 Å². The molecule has 192 valence electrons. The van der Waals surface area contributed by atoms with Gasteiger partial charge in [-0.1, -0.05) is 119 Å². The zero-order chi connectivity index (χ0) is 23.6. The maximum atomic E-state index is 4.89. The van der Waals surface area contributed by atoms with Crippen molar-refractivity contribution in [1.29, 1.82) is 0 Å². The number of rotatable bonds is 7. The van der Waals surface area contributed by atoms with Crippen LogP contribution in [0, 0.1) is 14.9 Å². The van der Waals surface area contributed by atoms with Crippen LogP contribution in [0.15, 0.2) is 0 Å². The third kappa shape index (κ3) is 12.5. The molecule has 0 aromatic carbocycles. The summed E-state index contributed by atoms with van der Waals surface area (Å²) in [5.74, 6) is 0. The Bertz CT molecular complexity index is 399. The van der Waals surface area contributed by atoms with Gasteiger partial charge in [0.05, 0.1) is 0 Å². The second kappa shape index (κ2) is 18.8. The average Bonchev–Trinajstić information content (AvgIpc) is 3.10. The fourth-order valence-corrected chi connectivity index (χ4v) is 8.90. The molecular formula is C24H56B2Cl2N2SiTi-2. The van der Waals surface area contributed by atoms with E-state index in [0.717, 1.165) is 19.0 Å². The summed E-state index contributed by atoms with van der Waals surface area (Å²) < 4.78 is 0. The molecule has 0 N–H and O–H groups in total. The minimum absolute atomic E-state index is 0. The summed E-state index contributed by atoms with van der Waals surface area (Å²) in [5.41, 5.74) is 0. The molecule has 0 aromatic rings. The summed E-state index contributed by atoms with van der Waals surface area (Å²) in [6.45, 7) is 28.3. The van der Waals surface area contributed by atoms with Crippen LogP contribution >= 0.6 is 18.6 Å². The Labute approximate surface area is 223 Å². The molecule has 1 aliphatic carbocycles. The van der Waals surface area contributed by atoms with Crippen molar-refractivity contribution in [3.8, 4) is 0 Å². The van der Waals surface area contributed by atoms with E-state index in [4.69, 9.17) is 18.6 Å². The van der Waals surface area contributed by atoms with Crippen molar-refractivity contribution in [2.75, 3.05) is 0 Å². The predicted octanol–water partition coefficient (Wildman–Crippen LogP) is 8.77. The monoisotopic (exact) mass is 540 g/mol. The van der Waals surface area contributed by atoms with Crippen LogP contribution in [0.25, 0.3) is 0 Å². The molecule has 1 saturated carbocycles. The Morgan fingerprint density at radius 1 is 0.656 bits per heavy atom. The van der Waals surface area contributed by atoms with Crippen molar-refractivity contribution < 1.29 is 17.0 Å². The first kappa shape index (κ1) is 38.1. The van der Waals surface area contributed by atoms with Crippen LogP contribution in [0.5, 0.6) is 0 Å². The van der Waals surface area contributed by atoms with Crippen LogP contribution in [0.3, 0.4) is 0 Å². The van der Waals surface area contributed by atoms with Crippen molar-refractivity contribution in [3.63, 3.8) is 0 Å². The second-order valence-electron chi connectivity index (χ2n) is 11.4. The van der Waals surface area contributed by atoms with Crippen LogP contribution in [0.1, 0.15) is 87.5 Å². The van der Waals surface area contributed by atoms with Gasteiger partial charge in [0.2, 0.25) is 13.7 Å². The van der Waals surface area contributed by atoms with Gasteiger partial charge in [0.1, 0.15) is 0 Å². The molecule has 0 radical (unpaired) electrons. The normalized spacial score (nSPS) is 16.5. The van der Waals surface area contributed by atoms with Gasteiger partial charge in [0, 0.05) is 8.07 Å². The van der Waals surface area contributed by atoms with Gasteiger partial charge in [0.15, 0.2) is 0 Å². The SMILES string of the molecule is C1CCCC1.CC(C)N(B1CB(N(C(C)C)C(C)C)C1[Si](C)(C)C)C(C)C.[CH3-].[CH3-].[Cl][Ti][Cl]. The van der Waals surface area contributed by atoms with Crippen molar-refractivity contribution in [2.24, 2.45) is 0 Å². The first-order chi connectivity index (χ1) is 13.8. The van der Waals surface area contributed by atoms with Gasteiger partial charge in [-0.3, -0.25) is 0 Å². The zero-order valence-corrected chi connectivity index (χ0v) is 28.0. The molecule has 1 heterocycles. The van der Waals surface area contributed by atoms with Gasteiger partial charge in [-0.15, -0.1) is 0 Å². The van der Waals surface area contributed by atoms with E-state index in [0.29, 0.717) is 24.2 Å². The van der Waals surface area contributed by atoms with E-state index in [1.54, 1.807) is 0 Å². The fourth-order valence-electron chi connectivity index (χ4n) is 5.98. The molecule has 2 aliphatic rings. The van der Waals surface area contributed by atoms with Crippen molar-refractivity contribution in [3.05, 3.63) is 14.9 Å². The minimum atomic E-state index is -1.19. The van der Waals surface area contributed by atoms with Gasteiger partial charge in [0.25, 0.3) is 0 Å². The molecule has 0 bridgehead atoms. The summed E-state index contributed by atoms with van der Waals surface area (Å²) >= 11 is -0.556. The summed E-state index contributed by atoms with van der Waals surface area (Å²) in [6.07, 6.45) is 8.86. The van der Waals surface area contributed by atoms with E-state index < -0.39 is 25.1 Å². The quantitative estimate of drug-likeness (QED) is 0.235. The number of halogens is 2. The third-order valence-corrected chi connectivity index (χ3v) is 9.48. The fraction of sp³-hybridized carbons (Fsp3) is 0.917. The van der Waals surface area contributed by atoms with E-state index in [1.807, 2.05) is 0 Å². The molecule has 2 rings (SSSR count). The molecular weight excluding hydrogens is 485 g/mol. The predicted molar refractivity (Wildman–Crippen MR) is 155 cm³/mol. The average molecular weight is 541 g/mol. The maximum absolute atomic E-state index is 4.89. The van der Waals surface area contributed by atoms with Crippen LogP contribution in [-0.4, -0.2) is 55.6 Å². The molecule has 8 heteroatoms. The van der Waals surface area contributed by atoms with E-state index in [9.17, 15) is 0 Å². The number of hydrogen-bond acceptors (Lipinski definition) is 2. The van der Waals surface area contributed by atoms with Gasteiger partial charge in [-0.25, -0.2) is 0 Å². The van der Waals surface area contributed by atoms with Gasteiger partial charge in [-0.2, -0.15) is 0 Å². The Kier molecular flexibility index (Phi) is 22.4. The molecule has 0 aromatic heterocycles. The van der Waals surface area contributed by atoms with Crippen LogP contribution in [0.2, 0.25) is 31.2 Å². The molecule has 32 heavy (non-hydrogen) atoms. The van der Waals surface area contributed by atoms with Gasteiger partial charge < -0.3 is 24.5 Å². The first-order valence-corrected chi connectivity index (χ1v) is 20.2. The second-order valence-corrected chi connectivity index (χ2v) is 19.3. The van der Waals surface area contributed by atoms with Crippen molar-refractivity contribution >= 4 is 40.4 Å². The molecule has 1 aliphatic heterocycles. The number of hydrogen-bond donors (Lipinski definition) is 0. The summed E-state index contributed by atoms with van der Waals surface area (Å²) in [6, 6.07) is 2.60.